The molecule has 2 aromatic carbocycles. The van der Waals surface area contributed by atoms with Gasteiger partial charge in [-0.25, -0.2) is 0 Å². The maximum atomic E-state index is 9.74. The molecule has 4 heteroatoms. The minimum atomic E-state index is 0.347. The van der Waals surface area contributed by atoms with E-state index in [0.29, 0.717) is 22.3 Å². The summed E-state index contributed by atoms with van der Waals surface area (Å²) in [4.78, 5) is 0. The lowest BCUT2D eigenvalue weighted by molar-refractivity contribution is 0.466. The fourth-order valence-corrected chi connectivity index (χ4v) is 2.54. The van der Waals surface area contributed by atoms with Gasteiger partial charge in [-0.05, 0) is 42.7 Å². The van der Waals surface area contributed by atoms with Crippen LogP contribution < -0.4 is 5.32 Å². The molecule has 0 fully saturated rings. The molecule has 0 aromatic heterocycles. The van der Waals surface area contributed by atoms with Crippen LogP contribution in [0.15, 0.2) is 30.3 Å². The Balaban J connectivity index is 2.19. The van der Waals surface area contributed by atoms with Gasteiger partial charge in [-0.15, -0.1) is 0 Å². The molecule has 0 aliphatic carbocycles. The van der Waals surface area contributed by atoms with E-state index in [2.05, 4.69) is 5.32 Å². The normalized spacial score (nSPS) is 10.5. The number of halogens is 2. The zero-order chi connectivity index (χ0) is 14.0. The van der Waals surface area contributed by atoms with Crippen LogP contribution in [0, 0.1) is 13.8 Å². The highest BCUT2D eigenvalue weighted by molar-refractivity contribution is 6.39. The maximum Gasteiger partial charge on any atom is 0.121 e. The lowest BCUT2D eigenvalue weighted by Crippen LogP contribution is -2.01. The van der Waals surface area contributed by atoms with Crippen LogP contribution in [0.4, 0.5) is 5.69 Å². The molecule has 19 heavy (non-hydrogen) atoms. The topological polar surface area (TPSA) is 32.3 Å². The van der Waals surface area contributed by atoms with E-state index in [1.165, 1.54) is 0 Å². The Kier molecular flexibility index (Phi) is 4.23. The van der Waals surface area contributed by atoms with Gasteiger partial charge in [0, 0.05) is 6.54 Å². The number of benzene rings is 2. The van der Waals surface area contributed by atoms with E-state index in [9.17, 15) is 5.11 Å². The van der Waals surface area contributed by atoms with E-state index >= 15 is 0 Å². The number of aryl methyl sites for hydroxylation is 2. The Labute approximate surface area is 123 Å². The summed E-state index contributed by atoms with van der Waals surface area (Å²) in [5.74, 6) is 0.347. The second kappa shape index (κ2) is 5.72. The second-order valence-corrected chi connectivity index (χ2v) is 5.34. The summed E-state index contributed by atoms with van der Waals surface area (Å²) in [5.41, 5.74) is 3.53. The van der Waals surface area contributed by atoms with E-state index in [-0.39, 0.29) is 0 Å². The first kappa shape index (κ1) is 14.0. The van der Waals surface area contributed by atoms with Crippen molar-refractivity contribution in [2.45, 2.75) is 20.4 Å². The van der Waals surface area contributed by atoms with Crippen LogP contribution in [0.1, 0.15) is 16.7 Å². The van der Waals surface area contributed by atoms with Gasteiger partial charge in [0.05, 0.1) is 15.7 Å². The monoisotopic (exact) mass is 295 g/mol. The molecule has 0 radical (unpaired) electrons. The van der Waals surface area contributed by atoms with Crippen LogP contribution in [-0.2, 0) is 6.54 Å². The van der Waals surface area contributed by atoms with Crippen LogP contribution >= 0.6 is 23.2 Å². The standard InChI is InChI=1S/C15H15Cl2NO/c1-9-6-11(7-10(2)15(9)19)8-18-14-12(16)4-3-5-13(14)17/h3-7,18-19H,8H2,1-2H3. The van der Waals surface area contributed by atoms with Crippen molar-refractivity contribution in [2.75, 3.05) is 5.32 Å². The summed E-state index contributed by atoms with van der Waals surface area (Å²) in [6.07, 6.45) is 0. The van der Waals surface area contributed by atoms with Crippen molar-refractivity contribution < 1.29 is 5.11 Å². The van der Waals surface area contributed by atoms with Gasteiger partial charge in [0.1, 0.15) is 5.75 Å². The summed E-state index contributed by atoms with van der Waals surface area (Å²) in [6.45, 7) is 4.37. The Hall–Kier alpha value is -1.38. The molecule has 2 rings (SSSR count). The van der Waals surface area contributed by atoms with Gasteiger partial charge >= 0.3 is 0 Å². The summed E-state index contributed by atoms with van der Waals surface area (Å²) < 4.78 is 0. The molecule has 0 atom stereocenters. The molecule has 0 amide bonds. The van der Waals surface area contributed by atoms with Crippen molar-refractivity contribution in [1.82, 2.24) is 0 Å². The number of phenols is 1. The lowest BCUT2D eigenvalue weighted by atomic mass is 10.1. The maximum absolute atomic E-state index is 9.74. The molecule has 0 aliphatic heterocycles. The molecule has 0 bridgehead atoms. The van der Waals surface area contributed by atoms with Gasteiger partial charge in [0.25, 0.3) is 0 Å². The fourth-order valence-electron chi connectivity index (χ4n) is 2.00. The first-order valence-corrected chi connectivity index (χ1v) is 6.71. The number of anilines is 1. The van der Waals surface area contributed by atoms with Crippen molar-refractivity contribution in [3.63, 3.8) is 0 Å². The Morgan fingerprint density at radius 2 is 1.58 bits per heavy atom. The van der Waals surface area contributed by atoms with Crippen LogP contribution in [0.25, 0.3) is 0 Å². The Bertz CT molecular complexity index is 568. The molecule has 0 heterocycles. The first-order valence-electron chi connectivity index (χ1n) is 5.96. The van der Waals surface area contributed by atoms with Gasteiger partial charge in [0.15, 0.2) is 0 Å². The molecule has 0 spiro atoms. The average molecular weight is 296 g/mol. The number of hydrogen-bond acceptors (Lipinski definition) is 2. The summed E-state index contributed by atoms with van der Waals surface area (Å²) >= 11 is 12.2. The Morgan fingerprint density at radius 3 is 2.11 bits per heavy atom. The van der Waals surface area contributed by atoms with Gasteiger partial charge in [0.2, 0.25) is 0 Å². The highest BCUT2D eigenvalue weighted by atomic mass is 35.5. The number of phenolic OH excluding ortho intramolecular Hbond substituents is 1. The predicted molar refractivity (Wildman–Crippen MR) is 81.4 cm³/mol. The highest BCUT2D eigenvalue weighted by Crippen LogP contribution is 2.30. The van der Waals surface area contributed by atoms with Crippen LogP contribution in [0.5, 0.6) is 5.75 Å². The van der Waals surface area contributed by atoms with E-state index in [1.807, 2.05) is 32.0 Å². The van der Waals surface area contributed by atoms with Crippen LogP contribution in [0.2, 0.25) is 10.0 Å². The van der Waals surface area contributed by atoms with E-state index in [4.69, 9.17) is 23.2 Å². The van der Waals surface area contributed by atoms with Gasteiger partial charge in [-0.1, -0.05) is 41.4 Å². The van der Waals surface area contributed by atoms with Crippen LogP contribution in [0.3, 0.4) is 0 Å². The first-order chi connectivity index (χ1) is 8.99. The SMILES string of the molecule is Cc1cc(CNc2c(Cl)cccc2Cl)cc(C)c1O. The van der Waals surface area contributed by atoms with Crippen molar-refractivity contribution in [2.24, 2.45) is 0 Å². The average Bonchev–Trinajstić information content (AvgIpc) is 2.35. The molecule has 2 aromatic rings. The van der Waals surface area contributed by atoms with E-state index < -0.39 is 0 Å². The summed E-state index contributed by atoms with van der Waals surface area (Å²) in [6, 6.07) is 9.29. The van der Waals surface area contributed by atoms with Crippen molar-refractivity contribution >= 4 is 28.9 Å². The number of nitrogens with one attached hydrogen (secondary N) is 1. The third-order valence-corrected chi connectivity index (χ3v) is 3.61. The molecule has 0 saturated heterocycles. The smallest absolute Gasteiger partial charge is 0.121 e. The molecular formula is C15H15Cl2NO. The number of hydrogen-bond donors (Lipinski definition) is 2. The number of rotatable bonds is 3. The van der Waals surface area contributed by atoms with Gasteiger partial charge in [-0.2, -0.15) is 0 Å². The lowest BCUT2D eigenvalue weighted by Gasteiger charge is -2.12. The quantitative estimate of drug-likeness (QED) is 0.842. The minimum Gasteiger partial charge on any atom is -0.507 e. The van der Waals surface area contributed by atoms with Gasteiger partial charge in [-0.3, -0.25) is 0 Å². The highest BCUT2D eigenvalue weighted by Gasteiger charge is 2.07. The summed E-state index contributed by atoms with van der Waals surface area (Å²) in [7, 11) is 0. The molecule has 100 valence electrons. The van der Waals surface area contributed by atoms with Crippen molar-refractivity contribution in [1.29, 1.82) is 0 Å². The molecule has 0 saturated carbocycles. The zero-order valence-corrected chi connectivity index (χ0v) is 12.3. The predicted octanol–water partition coefficient (Wildman–Crippen LogP) is 4.93. The number of aromatic hydroxyl groups is 1. The van der Waals surface area contributed by atoms with Crippen molar-refractivity contribution in [3.8, 4) is 5.75 Å². The molecule has 0 aliphatic rings. The molecule has 2 N–H and O–H groups in total. The van der Waals surface area contributed by atoms with E-state index in [1.54, 1.807) is 12.1 Å². The van der Waals surface area contributed by atoms with Gasteiger partial charge < -0.3 is 10.4 Å². The fraction of sp³-hybridized carbons (Fsp3) is 0.200. The Morgan fingerprint density at radius 1 is 1.05 bits per heavy atom. The molecule has 2 nitrogen and oxygen atoms in total. The minimum absolute atomic E-state index is 0.347. The number of para-hydroxylation sites is 1. The van der Waals surface area contributed by atoms with Crippen LogP contribution in [-0.4, -0.2) is 5.11 Å². The van der Waals surface area contributed by atoms with E-state index in [0.717, 1.165) is 22.4 Å². The largest absolute Gasteiger partial charge is 0.507 e. The second-order valence-electron chi connectivity index (χ2n) is 4.53. The summed E-state index contributed by atoms with van der Waals surface area (Å²) in [5, 5.41) is 14.2. The third kappa shape index (κ3) is 3.14. The molecule has 0 unspecified atom stereocenters. The molecular weight excluding hydrogens is 281 g/mol. The van der Waals surface area contributed by atoms with Crippen molar-refractivity contribution in [3.05, 3.63) is 57.1 Å². The third-order valence-electron chi connectivity index (χ3n) is 2.98. The zero-order valence-electron chi connectivity index (χ0n) is 10.8.